The van der Waals surface area contributed by atoms with Crippen LogP contribution in [0.3, 0.4) is 0 Å². The smallest absolute Gasteiger partial charge is 0.323 e. The lowest BCUT2D eigenvalue weighted by Gasteiger charge is -2.36. The predicted molar refractivity (Wildman–Crippen MR) is 62.5 cm³/mol. The summed E-state index contributed by atoms with van der Waals surface area (Å²) in [4.78, 5) is 25.2. The maximum atomic E-state index is 11.7. The summed E-state index contributed by atoms with van der Waals surface area (Å²) in [5.41, 5.74) is 0. The van der Waals surface area contributed by atoms with Crippen LogP contribution < -0.4 is 0 Å². The first-order valence-electron chi connectivity index (χ1n) is 6.12. The highest BCUT2D eigenvalue weighted by molar-refractivity contribution is 5.79. The second-order valence-electron chi connectivity index (χ2n) is 4.20. The first-order chi connectivity index (χ1) is 8.11. The van der Waals surface area contributed by atoms with Crippen LogP contribution in [0, 0.1) is 0 Å². The van der Waals surface area contributed by atoms with Gasteiger partial charge >= 0.3 is 11.9 Å². The number of hydrogen-bond donors (Lipinski definition) is 0. The van der Waals surface area contributed by atoms with Crippen LogP contribution in [0.2, 0.25) is 0 Å². The molecule has 0 radical (unpaired) electrons. The van der Waals surface area contributed by atoms with Crippen LogP contribution in [0.5, 0.6) is 0 Å². The summed E-state index contributed by atoms with van der Waals surface area (Å²) in [6, 6.07) is -0.701. The van der Waals surface area contributed by atoms with Gasteiger partial charge in [0.15, 0.2) is 0 Å². The molecule has 17 heavy (non-hydrogen) atoms. The summed E-state index contributed by atoms with van der Waals surface area (Å²) < 4.78 is 9.76. The molecular formula is C12H21NO4. The van der Waals surface area contributed by atoms with Crippen LogP contribution in [0.1, 0.15) is 33.1 Å². The van der Waals surface area contributed by atoms with Crippen LogP contribution in [0.25, 0.3) is 0 Å². The van der Waals surface area contributed by atoms with Gasteiger partial charge in [0.2, 0.25) is 0 Å². The molecule has 1 rings (SSSR count). The molecule has 0 aromatic carbocycles. The lowest BCUT2D eigenvalue weighted by Crippen LogP contribution is -2.52. The molecule has 0 aromatic rings. The van der Waals surface area contributed by atoms with E-state index in [-0.39, 0.29) is 24.0 Å². The highest BCUT2D eigenvalue weighted by Gasteiger charge is 2.35. The molecule has 0 spiro atoms. The molecule has 1 aliphatic rings. The monoisotopic (exact) mass is 243 g/mol. The number of esters is 2. The van der Waals surface area contributed by atoms with Gasteiger partial charge < -0.3 is 9.47 Å². The van der Waals surface area contributed by atoms with E-state index in [0.717, 1.165) is 25.8 Å². The molecule has 1 saturated heterocycles. The Bertz CT molecular complexity index is 280. The van der Waals surface area contributed by atoms with E-state index in [4.69, 9.17) is 9.47 Å². The molecule has 98 valence electrons. The molecule has 1 aliphatic heterocycles. The number of carbonyl (C=O) groups excluding carboxylic acids is 2. The van der Waals surface area contributed by atoms with Crippen molar-refractivity contribution >= 4 is 11.9 Å². The van der Waals surface area contributed by atoms with Crippen molar-refractivity contribution in [1.29, 1.82) is 0 Å². The predicted octanol–water partition coefficient (Wildman–Crippen LogP) is 0.966. The summed E-state index contributed by atoms with van der Waals surface area (Å²) in [5.74, 6) is -0.538. The molecule has 0 bridgehead atoms. The zero-order chi connectivity index (χ0) is 12.8. The molecule has 0 aliphatic carbocycles. The van der Waals surface area contributed by atoms with Crippen LogP contribution in [0.15, 0.2) is 0 Å². The standard InChI is InChI=1S/C12H21NO4/c1-4-17-11(14)9(2)13-8-6-5-7-10(13)12(15)16-3/h9-10H,4-8H2,1-3H3/t9?,10-/m1/s1. The van der Waals surface area contributed by atoms with Crippen molar-refractivity contribution in [1.82, 2.24) is 4.90 Å². The number of likely N-dealkylation sites (tertiary alicyclic amines) is 1. The third-order valence-corrected chi connectivity index (χ3v) is 3.14. The first kappa shape index (κ1) is 14.0. The van der Waals surface area contributed by atoms with Crippen LogP contribution in [0.4, 0.5) is 0 Å². The van der Waals surface area contributed by atoms with E-state index in [9.17, 15) is 9.59 Å². The van der Waals surface area contributed by atoms with Gasteiger partial charge in [-0.15, -0.1) is 0 Å². The van der Waals surface area contributed by atoms with E-state index in [0.29, 0.717) is 6.61 Å². The molecule has 0 saturated carbocycles. The zero-order valence-corrected chi connectivity index (χ0v) is 10.8. The van der Waals surface area contributed by atoms with Gasteiger partial charge in [-0.05, 0) is 33.2 Å². The van der Waals surface area contributed by atoms with Crippen molar-refractivity contribution in [3.05, 3.63) is 0 Å². The Labute approximate surface area is 102 Å². The lowest BCUT2D eigenvalue weighted by atomic mass is 10.00. The minimum atomic E-state index is -0.389. The molecule has 2 atom stereocenters. The summed E-state index contributed by atoms with van der Waals surface area (Å²) in [6.45, 7) is 4.65. The zero-order valence-electron chi connectivity index (χ0n) is 10.8. The number of methoxy groups -OCH3 is 1. The topological polar surface area (TPSA) is 55.8 Å². The number of piperidine rings is 1. The summed E-state index contributed by atoms with van der Waals surface area (Å²) in [7, 11) is 1.38. The highest BCUT2D eigenvalue weighted by atomic mass is 16.5. The van der Waals surface area contributed by atoms with Gasteiger partial charge in [0.05, 0.1) is 13.7 Å². The van der Waals surface area contributed by atoms with Gasteiger partial charge in [0.1, 0.15) is 12.1 Å². The van der Waals surface area contributed by atoms with Crippen molar-refractivity contribution < 1.29 is 19.1 Å². The van der Waals surface area contributed by atoms with Crippen molar-refractivity contribution in [2.45, 2.75) is 45.2 Å². The van der Waals surface area contributed by atoms with E-state index in [1.54, 1.807) is 13.8 Å². The van der Waals surface area contributed by atoms with E-state index >= 15 is 0 Å². The fraction of sp³-hybridized carbons (Fsp3) is 0.833. The molecule has 1 fully saturated rings. The van der Waals surface area contributed by atoms with E-state index in [1.165, 1.54) is 7.11 Å². The Balaban J connectivity index is 2.70. The highest BCUT2D eigenvalue weighted by Crippen LogP contribution is 2.21. The fourth-order valence-corrected chi connectivity index (χ4v) is 2.20. The Hall–Kier alpha value is -1.10. The normalized spacial score (nSPS) is 22.9. The molecule has 1 unspecified atom stereocenters. The number of hydrogen-bond acceptors (Lipinski definition) is 5. The minimum Gasteiger partial charge on any atom is -0.468 e. The molecule has 0 N–H and O–H groups in total. The molecular weight excluding hydrogens is 222 g/mol. The van der Waals surface area contributed by atoms with Crippen LogP contribution in [-0.4, -0.2) is 49.2 Å². The molecule has 5 heteroatoms. The molecule has 0 aromatic heterocycles. The summed E-state index contributed by atoms with van der Waals surface area (Å²) in [6.07, 6.45) is 2.74. The van der Waals surface area contributed by atoms with Gasteiger partial charge in [0.25, 0.3) is 0 Å². The summed E-state index contributed by atoms with van der Waals surface area (Å²) >= 11 is 0. The largest absolute Gasteiger partial charge is 0.468 e. The average molecular weight is 243 g/mol. The number of nitrogens with zero attached hydrogens (tertiary/aromatic N) is 1. The van der Waals surface area contributed by atoms with Crippen molar-refractivity contribution in [2.24, 2.45) is 0 Å². The van der Waals surface area contributed by atoms with Gasteiger partial charge in [-0.3, -0.25) is 14.5 Å². The number of carbonyl (C=O) groups is 2. The van der Waals surface area contributed by atoms with E-state index in [1.807, 2.05) is 4.90 Å². The molecule has 1 heterocycles. The first-order valence-corrected chi connectivity index (χ1v) is 6.12. The van der Waals surface area contributed by atoms with Crippen molar-refractivity contribution in [3.63, 3.8) is 0 Å². The Morgan fingerprint density at radius 1 is 1.41 bits per heavy atom. The minimum absolute atomic E-state index is 0.263. The van der Waals surface area contributed by atoms with Gasteiger partial charge in [-0.1, -0.05) is 6.42 Å². The molecule has 0 amide bonds. The number of ether oxygens (including phenoxy) is 2. The molecule has 5 nitrogen and oxygen atoms in total. The van der Waals surface area contributed by atoms with E-state index < -0.39 is 0 Å². The quantitative estimate of drug-likeness (QED) is 0.688. The van der Waals surface area contributed by atoms with Gasteiger partial charge in [-0.2, -0.15) is 0 Å². The second kappa shape index (κ2) is 6.59. The Morgan fingerprint density at radius 3 is 2.71 bits per heavy atom. The van der Waals surface area contributed by atoms with Crippen LogP contribution >= 0.6 is 0 Å². The van der Waals surface area contributed by atoms with E-state index in [2.05, 4.69) is 0 Å². The Morgan fingerprint density at radius 2 is 2.12 bits per heavy atom. The average Bonchev–Trinajstić information content (AvgIpc) is 2.37. The van der Waals surface area contributed by atoms with Gasteiger partial charge in [-0.25, -0.2) is 0 Å². The third kappa shape index (κ3) is 3.43. The summed E-state index contributed by atoms with van der Waals surface area (Å²) in [5, 5.41) is 0. The maximum Gasteiger partial charge on any atom is 0.323 e. The maximum absolute atomic E-state index is 11.7. The van der Waals surface area contributed by atoms with Crippen molar-refractivity contribution in [3.8, 4) is 0 Å². The van der Waals surface area contributed by atoms with Crippen LogP contribution in [-0.2, 0) is 19.1 Å². The SMILES string of the molecule is CCOC(=O)C(C)N1CCCC[C@@H]1C(=O)OC. The fourth-order valence-electron chi connectivity index (χ4n) is 2.20. The number of rotatable bonds is 4. The Kier molecular flexibility index (Phi) is 5.41. The second-order valence-corrected chi connectivity index (χ2v) is 4.20. The third-order valence-electron chi connectivity index (χ3n) is 3.14. The van der Waals surface area contributed by atoms with Crippen molar-refractivity contribution in [2.75, 3.05) is 20.3 Å². The van der Waals surface area contributed by atoms with Gasteiger partial charge in [0, 0.05) is 0 Å². The lowest BCUT2D eigenvalue weighted by molar-refractivity contribution is -0.156.